The summed E-state index contributed by atoms with van der Waals surface area (Å²) in [6, 6.07) is -4.70. The number of nitrogens with zero attached hydrogens (tertiary/aromatic N) is 1. The Bertz CT molecular complexity index is 853. The molecule has 4 unspecified atom stereocenters. The molecule has 0 fully saturated rings. The van der Waals surface area contributed by atoms with Gasteiger partial charge >= 0.3 is 11.9 Å². The van der Waals surface area contributed by atoms with Gasteiger partial charge in [-0.2, -0.15) is 12.6 Å². The summed E-state index contributed by atoms with van der Waals surface area (Å²) in [4.78, 5) is 67.0. The first-order valence-corrected chi connectivity index (χ1v) is 11.6. The maximum Gasteiger partial charge on any atom is 0.327 e. The van der Waals surface area contributed by atoms with E-state index in [0.29, 0.717) is 25.1 Å². The van der Waals surface area contributed by atoms with E-state index in [0.717, 1.165) is 0 Å². The zero-order valence-electron chi connectivity index (χ0n) is 19.1. The number of aromatic nitrogens is 2. The number of carboxylic acids is 2. The number of carbonyl (C=O) groups excluding carboxylic acids is 3. The number of rotatable bonds is 17. The minimum absolute atomic E-state index is 0.0191. The normalized spacial score (nSPS) is 14.3. The van der Waals surface area contributed by atoms with E-state index in [9.17, 15) is 29.1 Å². The largest absolute Gasteiger partial charge is 0.481 e. The van der Waals surface area contributed by atoms with Crippen LogP contribution in [0.5, 0.6) is 0 Å². The van der Waals surface area contributed by atoms with Crippen molar-refractivity contribution in [2.75, 3.05) is 12.3 Å². The number of amides is 3. The minimum atomic E-state index is -1.28. The summed E-state index contributed by atoms with van der Waals surface area (Å²) in [5.74, 6) is -4.73. The molecule has 15 heteroatoms. The molecule has 4 atom stereocenters. The Hall–Kier alpha value is -3.17. The van der Waals surface area contributed by atoms with Gasteiger partial charge in [0.05, 0.1) is 12.4 Å². The third-order valence-electron chi connectivity index (χ3n) is 4.99. The first kappa shape index (κ1) is 29.9. The van der Waals surface area contributed by atoms with Gasteiger partial charge in [0.15, 0.2) is 0 Å². The Morgan fingerprint density at radius 2 is 1.60 bits per heavy atom. The molecule has 0 aliphatic heterocycles. The van der Waals surface area contributed by atoms with Crippen LogP contribution in [0.15, 0.2) is 12.5 Å². The van der Waals surface area contributed by atoms with Crippen LogP contribution in [-0.2, 0) is 30.4 Å². The lowest BCUT2D eigenvalue weighted by Gasteiger charge is -2.25. The maximum absolute atomic E-state index is 13.1. The van der Waals surface area contributed by atoms with Crippen LogP contribution in [0, 0.1) is 0 Å². The monoisotopic (exact) mass is 515 g/mol. The molecule has 0 aliphatic rings. The van der Waals surface area contributed by atoms with Crippen LogP contribution >= 0.6 is 12.6 Å². The number of thiol groups is 1. The lowest BCUT2D eigenvalue weighted by Crippen LogP contribution is -2.57. The van der Waals surface area contributed by atoms with Gasteiger partial charge in [0, 0.05) is 30.5 Å². The van der Waals surface area contributed by atoms with E-state index in [1.165, 1.54) is 12.5 Å². The number of carboxylic acid groups (broad SMARTS) is 2. The van der Waals surface area contributed by atoms with Crippen LogP contribution < -0.4 is 27.4 Å². The van der Waals surface area contributed by atoms with Gasteiger partial charge in [-0.25, -0.2) is 9.78 Å². The number of aromatic amines is 1. The molecular formula is C20H33N7O7S. The van der Waals surface area contributed by atoms with Crippen LogP contribution in [0.25, 0.3) is 0 Å². The number of hydrogen-bond acceptors (Lipinski definition) is 9. The highest BCUT2D eigenvalue weighted by molar-refractivity contribution is 7.80. The summed E-state index contributed by atoms with van der Waals surface area (Å²) < 4.78 is 0. The van der Waals surface area contributed by atoms with E-state index in [2.05, 4.69) is 38.5 Å². The minimum Gasteiger partial charge on any atom is -0.481 e. The van der Waals surface area contributed by atoms with Crippen LogP contribution in [0.1, 0.15) is 37.8 Å². The van der Waals surface area contributed by atoms with Gasteiger partial charge in [-0.15, -0.1) is 0 Å². The van der Waals surface area contributed by atoms with Crippen LogP contribution in [0.4, 0.5) is 0 Å². The molecule has 1 heterocycles. The van der Waals surface area contributed by atoms with Crippen LogP contribution in [0.3, 0.4) is 0 Å². The number of imidazole rings is 1. The van der Waals surface area contributed by atoms with Gasteiger partial charge in [0.25, 0.3) is 0 Å². The molecule has 3 amide bonds. The summed E-state index contributed by atoms with van der Waals surface area (Å²) in [5, 5.41) is 25.4. The highest BCUT2D eigenvalue weighted by Gasteiger charge is 2.30. The van der Waals surface area contributed by atoms with Crippen LogP contribution in [0.2, 0.25) is 0 Å². The second-order valence-corrected chi connectivity index (χ2v) is 8.17. The number of aliphatic carboxylic acids is 2. The zero-order valence-corrected chi connectivity index (χ0v) is 20.0. The Kier molecular flexibility index (Phi) is 13.4. The molecule has 1 rings (SSSR count). The van der Waals surface area contributed by atoms with Crippen molar-refractivity contribution in [1.82, 2.24) is 25.9 Å². The maximum atomic E-state index is 13.1. The van der Waals surface area contributed by atoms with Crippen molar-refractivity contribution in [3.05, 3.63) is 18.2 Å². The molecule has 0 spiro atoms. The molecule has 0 aromatic carbocycles. The second-order valence-electron chi connectivity index (χ2n) is 7.81. The molecule has 0 saturated heterocycles. The van der Waals surface area contributed by atoms with Gasteiger partial charge < -0.3 is 42.6 Å². The fourth-order valence-electron chi connectivity index (χ4n) is 3.01. The van der Waals surface area contributed by atoms with Gasteiger partial charge in [0.1, 0.15) is 18.1 Å². The smallest absolute Gasteiger partial charge is 0.327 e. The second kappa shape index (κ2) is 15.7. The van der Waals surface area contributed by atoms with Crippen molar-refractivity contribution in [3.8, 4) is 0 Å². The van der Waals surface area contributed by atoms with E-state index < -0.39 is 53.8 Å². The molecule has 1 aromatic rings. The molecule has 196 valence electrons. The number of nitrogens with one attached hydrogen (secondary N) is 4. The summed E-state index contributed by atoms with van der Waals surface area (Å²) in [6.45, 7) is 0.364. The predicted molar refractivity (Wildman–Crippen MR) is 127 cm³/mol. The van der Waals surface area contributed by atoms with Crippen LogP contribution in [-0.4, -0.2) is 86.3 Å². The summed E-state index contributed by atoms with van der Waals surface area (Å²) in [7, 11) is 0. The number of H-pyrrole nitrogens is 1. The van der Waals surface area contributed by atoms with Crippen molar-refractivity contribution in [3.63, 3.8) is 0 Å². The third-order valence-corrected chi connectivity index (χ3v) is 5.36. The Morgan fingerprint density at radius 3 is 2.14 bits per heavy atom. The molecule has 0 saturated carbocycles. The average Bonchev–Trinajstić information content (AvgIpc) is 3.32. The predicted octanol–water partition coefficient (Wildman–Crippen LogP) is -2.26. The number of carbonyl (C=O) groups is 5. The molecule has 35 heavy (non-hydrogen) atoms. The Labute approximate surface area is 207 Å². The first-order valence-electron chi connectivity index (χ1n) is 11.0. The summed E-state index contributed by atoms with van der Waals surface area (Å²) in [5.41, 5.74) is 11.8. The fourth-order valence-corrected chi connectivity index (χ4v) is 3.25. The lowest BCUT2D eigenvalue weighted by molar-refractivity contribution is -0.141. The zero-order chi connectivity index (χ0) is 26.4. The molecule has 14 nitrogen and oxygen atoms in total. The van der Waals surface area contributed by atoms with E-state index in [-0.39, 0.29) is 31.4 Å². The first-order chi connectivity index (χ1) is 16.6. The van der Waals surface area contributed by atoms with Gasteiger partial charge in [-0.1, -0.05) is 0 Å². The molecule has 10 N–H and O–H groups in total. The summed E-state index contributed by atoms with van der Waals surface area (Å²) in [6.07, 6.45) is 3.58. The molecule has 1 aromatic heterocycles. The molecule has 0 radical (unpaired) electrons. The highest BCUT2D eigenvalue weighted by atomic mass is 32.1. The summed E-state index contributed by atoms with van der Waals surface area (Å²) >= 11 is 3.92. The van der Waals surface area contributed by atoms with E-state index in [1.807, 2.05) is 0 Å². The molecular weight excluding hydrogens is 482 g/mol. The topological polar surface area (TPSA) is 243 Å². The number of hydrogen-bond donors (Lipinski definition) is 9. The van der Waals surface area contributed by atoms with E-state index in [1.54, 1.807) is 0 Å². The van der Waals surface area contributed by atoms with Gasteiger partial charge in [-0.05, 0) is 32.2 Å². The quantitative estimate of drug-likeness (QED) is 0.0796. The fraction of sp³-hybridized carbons (Fsp3) is 0.600. The lowest BCUT2D eigenvalue weighted by atomic mass is 10.1. The van der Waals surface area contributed by atoms with Crippen molar-refractivity contribution in [1.29, 1.82) is 0 Å². The van der Waals surface area contributed by atoms with Crippen molar-refractivity contribution in [2.24, 2.45) is 11.5 Å². The van der Waals surface area contributed by atoms with Crippen molar-refractivity contribution >= 4 is 42.3 Å². The van der Waals surface area contributed by atoms with Crippen molar-refractivity contribution in [2.45, 2.75) is 62.7 Å². The third kappa shape index (κ3) is 11.2. The van der Waals surface area contributed by atoms with E-state index in [4.69, 9.17) is 16.6 Å². The molecule has 0 aliphatic carbocycles. The average molecular weight is 516 g/mol. The Morgan fingerprint density at radius 1 is 0.971 bits per heavy atom. The SMILES string of the molecule is NCCCCC(NC(=O)C(Cc1cnc[nH]1)NC(=O)C(N)CCC(=O)O)C(=O)NC(CS)C(=O)O. The Balaban J connectivity index is 3.00. The standard InChI is InChI=1S/C20H33N7O7S/c21-6-2-1-3-13(18(31)27-15(9-35)20(33)34)25-19(32)14(7-11-8-23-10-24-11)26-17(30)12(22)4-5-16(28)29/h8,10,12-15,35H,1-7,9,21-22H2,(H,23,24)(H,25,32)(H,26,30)(H,27,31)(H,28,29)(H,33,34). The van der Waals surface area contributed by atoms with Gasteiger partial charge in [-0.3, -0.25) is 19.2 Å². The number of unbranched alkanes of at least 4 members (excludes halogenated alkanes) is 1. The molecule has 0 bridgehead atoms. The number of nitrogens with two attached hydrogens (primary N) is 2. The highest BCUT2D eigenvalue weighted by Crippen LogP contribution is 2.06. The van der Waals surface area contributed by atoms with Crippen molar-refractivity contribution < 1.29 is 34.2 Å². The van der Waals surface area contributed by atoms with Gasteiger partial charge in [0.2, 0.25) is 17.7 Å². The van der Waals surface area contributed by atoms with E-state index >= 15 is 0 Å².